The number of pyridine rings is 1. The van der Waals surface area contributed by atoms with Crippen molar-refractivity contribution in [2.75, 3.05) is 6.61 Å². The lowest BCUT2D eigenvalue weighted by molar-refractivity contribution is 0.0523. The van der Waals surface area contributed by atoms with Gasteiger partial charge < -0.3 is 9.47 Å². The van der Waals surface area contributed by atoms with Crippen LogP contribution in [0.4, 0.5) is 8.78 Å². The predicted octanol–water partition coefficient (Wildman–Crippen LogP) is 2.99. The van der Waals surface area contributed by atoms with Crippen LogP contribution in [0.3, 0.4) is 0 Å². The molecular weight excluding hydrogens is 308 g/mol. The normalized spacial score (nSPS) is 10.8. The van der Waals surface area contributed by atoms with Crippen molar-refractivity contribution >= 4 is 5.97 Å². The van der Waals surface area contributed by atoms with E-state index in [0.29, 0.717) is 17.8 Å². The minimum absolute atomic E-state index is 0.0308. The van der Waals surface area contributed by atoms with Crippen molar-refractivity contribution in [3.63, 3.8) is 0 Å². The number of rotatable bonds is 7. The zero-order valence-electron chi connectivity index (χ0n) is 12.8. The zero-order chi connectivity index (χ0) is 16.8. The fraction of sp³-hybridized carbons (Fsp3) is 0.400. The lowest BCUT2D eigenvalue weighted by Crippen LogP contribution is -2.12. The van der Waals surface area contributed by atoms with Crippen molar-refractivity contribution in [1.29, 1.82) is 0 Å². The largest absolute Gasteiger partial charge is 0.471 e. The second-order valence-electron chi connectivity index (χ2n) is 4.56. The molecule has 8 heteroatoms. The van der Waals surface area contributed by atoms with Crippen LogP contribution >= 0.6 is 0 Å². The maximum atomic E-state index is 12.5. The van der Waals surface area contributed by atoms with Gasteiger partial charge in [0.05, 0.1) is 18.5 Å². The zero-order valence-corrected chi connectivity index (χ0v) is 12.8. The first kappa shape index (κ1) is 16.9. The molecule has 0 radical (unpaired) electrons. The average Bonchev–Trinajstić information content (AvgIpc) is 2.96. The van der Waals surface area contributed by atoms with Crippen molar-refractivity contribution in [2.45, 2.75) is 33.4 Å². The molecule has 0 aliphatic rings. The Morgan fingerprint density at radius 2 is 2.09 bits per heavy atom. The highest BCUT2D eigenvalue weighted by atomic mass is 19.3. The number of hydrogen-bond acceptors (Lipinski definition) is 5. The molecule has 0 bridgehead atoms. The van der Waals surface area contributed by atoms with E-state index in [2.05, 4.69) is 10.1 Å². The molecule has 0 atom stereocenters. The van der Waals surface area contributed by atoms with Crippen LogP contribution in [0.25, 0.3) is 0 Å². The van der Waals surface area contributed by atoms with Crippen molar-refractivity contribution in [1.82, 2.24) is 14.8 Å². The van der Waals surface area contributed by atoms with Crippen molar-refractivity contribution in [2.24, 2.45) is 0 Å². The molecular formula is C15H17F2N3O3. The topological polar surface area (TPSA) is 66.2 Å². The number of carbonyl (C=O) groups is 1. The van der Waals surface area contributed by atoms with E-state index in [0.717, 1.165) is 6.20 Å². The number of aryl methyl sites for hydroxylation is 1. The maximum Gasteiger partial charge on any atom is 0.341 e. The third kappa shape index (κ3) is 4.02. The Labute approximate surface area is 132 Å². The number of halogens is 2. The number of alkyl halides is 2. The molecule has 124 valence electrons. The number of carbonyl (C=O) groups excluding carboxylic acids is 1. The Kier molecular flexibility index (Phi) is 5.61. The first-order chi connectivity index (χ1) is 11.1. The van der Waals surface area contributed by atoms with Crippen LogP contribution in [0, 0.1) is 0 Å². The van der Waals surface area contributed by atoms with E-state index in [1.807, 2.05) is 6.92 Å². The molecule has 2 rings (SSSR count). The number of hydrogen-bond donors (Lipinski definition) is 0. The van der Waals surface area contributed by atoms with E-state index < -0.39 is 12.4 Å². The summed E-state index contributed by atoms with van der Waals surface area (Å²) >= 11 is 0. The van der Waals surface area contributed by atoms with Crippen molar-refractivity contribution < 1.29 is 23.0 Å². The standard InChI is InChI=1S/C15H17F2N3O3/c1-3-20-12(11(8-19-20)15(21)22-4-2)9-23-13-6-5-10(7-18-13)14(16)17/h5-8,14H,3-4,9H2,1-2H3. The van der Waals surface area contributed by atoms with Crippen LogP contribution in [-0.2, 0) is 17.9 Å². The second-order valence-corrected chi connectivity index (χ2v) is 4.56. The van der Waals surface area contributed by atoms with E-state index in [4.69, 9.17) is 9.47 Å². The lowest BCUT2D eigenvalue weighted by atomic mass is 10.2. The quantitative estimate of drug-likeness (QED) is 0.732. The second kappa shape index (κ2) is 7.66. The molecule has 0 aliphatic heterocycles. The van der Waals surface area contributed by atoms with E-state index in [9.17, 15) is 13.6 Å². The van der Waals surface area contributed by atoms with Crippen molar-refractivity contribution in [3.05, 3.63) is 41.3 Å². The molecule has 0 fully saturated rings. The van der Waals surface area contributed by atoms with Crippen LogP contribution in [-0.4, -0.2) is 27.3 Å². The molecule has 0 saturated heterocycles. The third-order valence-electron chi connectivity index (χ3n) is 3.11. The first-order valence-electron chi connectivity index (χ1n) is 7.15. The molecule has 0 aromatic carbocycles. The molecule has 0 aliphatic carbocycles. The van der Waals surface area contributed by atoms with Gasteiger partial charge in [0.2, 0.25) is 5.88 Å². The Balaban J connectivity index is 2.12. The highest BCUT2D eigenvalue weighted by Gasteiger charge is 2.18. The summed E-state index contributed by atoms with van der Waals surface area (Å²) < 4.78 is 37.0. The van der Waals surface area contributed by atoms with Gasteiger partial charge in [-0.2, -0.15) is 5.10 Å². The van der Waals surface area contributed by atoms with E-state index >= 15 is 0 Å². The summed E-state index contributed by atoms with van der Waals surface area (Å²) in [5.41, 5.74) is 0.687. The number of nitrogens with zero attached hydrogens (tertiary/aromatic N) is 3. The molecule has 6 nitrogen and oxygen atoms in total. The van der Waals surface area contributed by atoms with Crippen LogP contribution in [0.5, 0.6) is 5.88 Å². The third-order valence-corrected chi connectivity index (χ3v) is 3.11. The lowest BCUT2D eigenvalue weighted by Gasteiger charge is -2.09. The average molecular weight is 325 g/mol. The molecule has 0 amide bonds. The van der Waals surface area contributed by atoms with Gasteiger partial charge in [0.1, 0.15) is 12.2 Å². The first-order valence-corrected chi connectivity index (χ1v) is 7.15. The van der Waals surface area contributed by atoms with Gasteiger partial charge in [0, 0.05) is 24.4 Å². The summed E-state index contributed by atoms with van der Waals surface area (Å²) in [6.07, 6.45) is -0.0924. The number of esters is 1. The molecule has 23 heavy (non-hydrogen) atoms. The van der Waals surface area contributed by atoms with Gasteiger partial charge in [0.25, 0.3) is 6.43 Å². The molecule has 2 aromatic rings. The minimum Gasteiger partial charge on any atom is -0.471 e. The van der Waals surface area contributed by atoms with Crippen LogP contribution in [0.2, 0.25) is 0 Å². The highest BCUT2D eigenvalue weighted by molar-refractivity contribution is 5.90. The Hall–Kier alpha value is -2.51. The summed E-state index contributed by atoms with van der Waals surface area (Å²) in [6, 6.07) is 2.61. The van der Waals surface area contributed by atoms with Gasteiger partial charge in [-0.05, 0) is 19.9 Å². The minimum atomic E-state index is -2.58. The molecule has 0 N–H and O–H groups in total. The summed E-state index contributed by atoms with van der Waals surface area (Å²) in [5, 5.41) is 4.10. The SMILES string of the molecule is CCOC(=O)c1cnn(CC)c1COc1ccc(C(F)F)cn1. The van der Waals surface area contributed by atoms with Gasteiger partial charge in [-0.15, -0.1) is 0 Å². The van der Waals surface area contributed by atoms with Gasteiger partial charge in [-0.1, -0.05) is 0 Å². The van der Waals surface area contributed by atoms with E-state index in [1.165, 1.54) is 18.3 Å². The predicted molar refractivity (Wildman–Crippen MR) is 77.4 cm³/mol. The van der Waals surface area contributed by atoms with Crippen LogP contribution in [0.15, 0.2) is 24.5 Å². The monoisotopic (exact) mass is 325 g/mol. The Morgan fingerprint density at radius 3 is 2.65 bits per heavy atom. The number of ether oxygens (including phenoxy) is 2. The molecule has 2 aromatic heterocycles. The van der Waals surface area contributed by atoms with E-state index in [-0.39, 0.29) is 24.7 Å². The summed E-state index contributed by atoms with van der Waals surface area (Å²) in [5.74, 6) is -0.292. The van der Waals surface area contributed by atoms with Crippen LogP contribution < -0.4 is 4.74 Å². The Bertz CT molecular complexity index is 656. The van der Waals surface area contributed by atoms with Crippen molar-refractivity contribution in [3.8, 4) is 5.88 Å². The molecule has 0 saturated carbocycles. The van der Waals surface area contributed by atoms with Gasteiger partial charge in [-0.25, -0.2) is 18.6 Å². The molecule has 2 heterocycles. The van der Waals surface area contributed by atoms with E-state index in [1.54, 1.807) is 11.6 Å². The smallest absolute Gasteiger partial charge is 0.341 e. The number of aromatic nitrogens is 3. The molecule has 0 unspecified atom stereocenters. The summed E-state index contributed by atoms with van der Waals surface area (Å²) in [6.45, 7) is 4.43. The Morgan fingerprint density at radius 1 is 1.30 bits per heavy atom. The van der Waals surface area contributed by atoms with Gasteiger partial charge in [0.15, 0.2) is 0 Å². The highest BCUT2D eigenvalue weighted by Crippen LogP contribution is 2.20. The maximum absolute atomic E-state index is 12.5. The van der Waals surface area contributed by atoms with Gasteiger partial charge >= 0.3 is 5.97 Å². The fourth-order valence-corrected chi connectivity index (χ4v) is 1.96. The molecule has 0 spiro atoms. The van der Waals surface area contributed by atoms with Crippen LogP contribution in [0.1, 0.15) is 41.9 Å². The van der Waals surface area contributed by atoms with Gasteiger partial charge in [-0.3, -0.25) is 4.68 Å². The summed E-state index contributed by atoms with van der Waals surface area (Å²) in [4.78, 5) is 15.7. The fourth-order valence-electron chi connectivity index (χ4n) is 1.96. The summed E-state index contributed by atoms with van der Waals surface area (Å²) in [7, 11) is 0.